The highest BCUT2D eigenvalue weighted by atomic mass is 16.5. The van der Waals surface area contributed by atoms with Crippen molar-refractivity contribution in [3.8, 4) is 0 Å². The monoisotopic (exact) mass is 254 g/mol. The predicted molar refractivity (Wildman–Crippen MR) is 73.2 cm³/mol. The van der Waals surface area contributed by atoms with Crippen molar-refractivity contribution in [3.05, 3.63) is 0 Å². The lowest BCUT2D eigenvalue weighted by Gasteiger charge is -2.39. The fourth-order valence-corrected chi connectivity index (χ4v) is 3.40. The summed E-state index contributed by atoms with van der Waals surface area (Å²) in [6.07, 6.45) is 6.61. The van der Waals surface area contributed by atoms with Crippen molar-refractivity contribution in [1.82, 2.24) is 10.3 Å². The first kappa shape index (κ1) is 13.6. The van der Waals surface area contributed by atoms with Crippen LogP contribution in [0.3, 0.4) is 0 Å². The molecule has 5 nitrogen and oxygen atoms in total. The maximum Gasteiger partial charge on any atom is 0.209 e. The van der Waals surface area contributed by atoms with Gasteiger partial charge >= 0.3 is 0 Å². The normalized spacial score (nSPS) is 30.2. The zero-order valence-electron chi connectivity index (χ0n) is 11.6. The van der Waals surface area contributed by atoms with Gasteiger partial charge in [-0.2, -0.15) is 0 Å². The first-order valence-electron chi connectivity index (χ1n) is 7.06. The van der Waals surface area contributed by atoms with Crippen LogP contribution in [0.2, 0.25) is 0 Å². The van der Waals surface area contributed by atoms with Crippen LogP contribution in [0.1, 0.15) is 39.0 Å². The number of hydrazine groups is 1. The number of guanidine groups is 1. The van der Waals surface area contributed by atoms with Crippen molar-refractivity contribution in [2.75, 3.05) is 20.3 Å². The van der Waals surface area contributed by atoms with E-state index in [1.807, 2.05) is 0 Å². The molecule has 2 fully saturated rings. The SMILES string of the molecule is COCC(C)N=C(NN)N1CCCC2CCCC21. The van der Waals surface area contributed by atoms with Gasteiger partial charge in [0.2, 0.25) is 5.96 Å². The average Bonchev–Trinajstić information content (AvgIpc) is 2.84. The number of methoxy groups -OCH3 is 1. The number of nitrogens with one attached hydrogen (secondary N) is 1. The van der Waals surface area contributed by atoms with Crippen molar-refractivity contribution in [2.45, 2.75) is 51.1 Å². The third-order valence-electron chi connectivity index (χ3n) is 4.14. The Morgan fingerprint density at radius 1 is 1.44 bits per heavy atom. The van der Waals surface area contributed by atoms with Gasteiger partial charge < -0.3 is 9.64 Å². The predicted octanol–water partition coefficient (Wildman–Crippen LogP) is 1.11. The summed E-state index contributed by atoms with van der Waals surface area (Å²) >= 11 is 0. The fraction of sp³-hybridized carbons (Fsp3) is 0.923. The molecular weight excluding hydrogens is 228 g/mol. The van der Waals surface area contributed by atoms with Crippen molar-refractivity contribution in [2.24, 2.45) is 16.8 Å². The lowest BCUT2D eigenvalue weighted by atomic mass is 9.92. The summed E-state index contributed by atoms with van der Waals surface area (Å²) in [6.45, 7) is 3.76. The molecule has 3 unspecified atom stereocenters. The van der Waals surface area contributed by atoms with Crippen LogP contribution in [0.25, 0.3) is 0 Å². The van der Waals surface area contributed by atoms with Gasteiger partial charge in [0.05, 0.1) is 12.6 Å². The van der Waals surface area contributed by atoms with Gasteiger partial charge in [-0.3, -0.25) is 5.43 Å². The minimum Gasteiger partial charge on any atom is -0.382 e. The molecule has 1 saturated heterocycles. The molecule has 1 aliphatic heterocycles. The van der Waals surface area contributed by atoms with E-state index in [0.29, 0.717) is 12.6 Å². The van der Waals surface area contributed by atoms with Crippen LogP contribution in [0.15, 0.2) is 4.99 Å². The van der Waals surface area contributed by atoms with Crippen LogP contribution in [0, 0.1) is 5.92 Å². The molecule has 0 amide bonds. The number of ether oxygens (including phenoxy) is 1. The number of hydrogen-bond acceptors (Lipinski definition) is 3. The summed E-state index contributed by atoms with van der Waals surface area (Å²) in [5, 5.41) is 0. The number of rotatable bonds is 3. The number of nitrogens with two attached hydrogens (primary N) is 1. The first-order valence-corrected chi connectivity index (χ1v) is 7.06. The van der Waals surface area contributed by atoms with Gasteiger partial charge in [-0.15, -0.1) is 0 Å². The van der Waals surface area contributed by atoms with E-state index in [4.69, 9.17) is 10.6 Å². The van der Waals surface area contributed by atoms with Gasteiger partial charge in [-0.05, 0) is 38.5 Å². The molecule has 0 aromatic heterocycles. The fourth-order valence-electron chi connectivity index (χ4n) is 3.40. The largest absolute Gasteiger partial charge is 0.382 e. The maximum absolute atomic E-state index is 5.67. The standard InChI is InChI=1S/C13H26N4O/c1-10(9-18-2)15-13(16-14)17-8-4-6-11-5-3-7-12(11)17/h10-12H,3-9,14H2,1-2H3,(H,15,16). The molecule has 0 aromatic carbocycles. The number of piperidine rings is 1. The summed E-state index contributed by atoms with van der Waals surface area (Å²) < 4.78 is 5.13. The number of likely N-dealkylation sites (tertiary alicyclic amines) is 1. The van der Waals surface area contributed by atoms with E-state index >= 15 is 0 Å². The highest BCUT2D eigenvalue weighted by molar-refractivity contribution is 5.80. The van der Waals surface area contributed by atoms with Crippen molar-refractivity contribution < 1.29 is 4.74 Å². The zero-order chi connectivity index (χ0) is 13.0. The molecule has 18 heavy (non-hydrogen) atoms. The van der Waals surface area contributed by atoms with Crippen LogP contribution in [-0.4, -0.2) is 43.2 Å². The Bertz CT molecular complexity index is 295. The summed E-state index contributed by atoms with van der Waals surface area (Å²) in [6, 6.07) is 0.783. The minimum absolute atomic E-state index is 0.142. The second-order valence-electron chi connectivity index (χ2n) is 5.50. The van der Waals surface area contributed by atoms with E-state index in [0.717, 1.165) is 18.4 Å². The molecule has 5 heteroatoms. The molecule has 1 aliphatic carbocycles. The smallest absolute Gasteiger partial charge is 0.209 e. The van der Waals surface area contributed by atoms with Crippen molar-refractivity contribution >= 4 is 5.96 Å². The number of fused-ring (bicyclic) bond motifs is 1. The van der Waals surface area contributed by atoms with Gasteiger partial charge in [0.1, 0.15) is 0 Å². The van der Waals surface area contributed by atoms with Crippen LogP contribution >= 0.6 is 0 Å². The lowest BCUT2D eigenvalue weighted by Crippen LogP contribution is -2.53. The van der Waals surface area contributed by atoms with E-state index in [1.54, 1.807) is 7.11 Å². The lowest BCUT2D eigenvalue weighted by molar-refractivity contribution is 0.175. The summed E-state index contributed by atoms with van der Waals surface area (Å²) in [4.78, 5) is 7.03. The van der Waals surface area contributed by atoms with Gasteiger partial charge in [-0.25, -0.2) is 10.8 Å². The molecular formula is C13H26N4O. The molecule has 1 heterocycles. The molecule has 2 rings (SSSR count). The summed E-state index contributed by atoms with van der Waals surface area (Å²) in [5.41, 5.74) is 2.79. The Morgan fingerprint density at radius 2 is 2.22 bits per heavy atom. The van der Waals surface area contributed by atoms with Gasteiger partial charge in [0.15, 0.2) is 0 Å². The van der Waals surface area contributed by atoms with Gasteiger partial charge in [0, 0.05) is 19.7 Å². The van der Waals surface area contributed by atoms with Gasteiger partial charge in [-0.1, -0.05) is 6.42 Å². The highest BCUT2D eigenvalue weighted by Gasteiger charge is 2.36. The zero-order valence-corrected chi connectivity index (χ0v) is 11.6. The average molecular weight is 254 g/mol. The van der Waals surface area contributed by atoms with E-state index in [9.17, 15) is 0 Å². The van der Waals surface area contributed by atoms with Crippen LogP contribution in [0.5, 0.6) is 0 Å². The molecule has 3 atom stereocenters. The Hall–Kier alpha value is -0.810. The van der Waals surface area contributed by atoms with E-state index in [2.05, 4.69) is 22.2 Å². The molecule has 3 N–H and O–H groups in total. The second-order valence-corrected chi connectivity index (χ2v) is 5.50. The first-order chi connectivity index (χ1) is 8.76. The molecule has 2 aliphatic rings. The maximum atomic E-state index is 5.67. The highest BCUT2D eigenvalue weighted by Crippen LogP contribution is 2.36. The Labute approximate surface area is 110 Å². The van der Waals surface area contributed by atoms with Crippen molar-refractivity contribution in [1.29, 1.82) is 0 Å². The topological polar surface area (TPSA) is 62.9 Å². The van der Waals surface area contributed by atoms with E-state index in [-0.39, 0.29) is 6.04 Å². The Balaban J connectivity index is 2.06. The Morgan fingerprint density at radius 3 is 2.94 bits per heavy atom. The molecule has 0 aromatic rings. The number of aliphatic imine (C=N–C) groups is 1. The van der Waals surface area contributed by atoms with Crippen LogP contribution < -0.4 is 11.3 Å². The molecule has 104 valence electrons. The van der Waals surface area contributed by atoms with Crippen LogP contribution in [0.4, 0.5) is 0 Å². The number of hydrogen-bond donors (Lipinski definition) is 2. The summed E-state index contributed by atoms with van der Waals surface area (Å²) in [7, 11) is 1.70. The van der Waals surface area contributed by atoms with E-state index in [1.165, 1.54) is 32.1 Å². The Kier molecular flexibility index (Phi) is 4.83. The second kappa shape index (κ2) is 6.38. The molecule has 0 spiro atoms. The molecule has 0 bridgehead atoms. The molecule has 0 radical (unpaired) electrons. The quantitative estimate of drug-likeness (QED) is 0.343. The summed E-state index contributed by atoms with van der Waals surface area (Å²) in [5.74, 6) is 7.35. The van der Waals surface area contributed by atoms with E-state index < -0.39 is 0 Å². The van der Waals surface area contributed by atoms with Crippen molar-refractivity contribution in [3.63, 3.8) is 0 Å². The third kappa shape index (κ3) is 2.95. The minimum atomic E-state index is 0.142. The molecule has 1 saturated carbocycles. The number of nitrogens with zero attached hydrogens (tertiary/aromatic N) is 2. The van der Waals surface area contributed by atoms with Crippen LogP contribution in [-0.2, 0) is 4.74 Å². The third-order valence-corrected chi connectivity index (χ3v) is 4.14. The van der Waals surface area contributed by atoms with Gasteiger partial charge in [0.25, 0.3) is 0 Å².